The van der Waals surface area contributed by atoms with Gasteiger partial charge in [0.25, 0.3) is 0 Å². The Morgan fingerprint density at radius 2 is 2.21 bits per heavy atom. The molecule has 0 aliphatic carbocycles. The van der Waals surface area contributed by atoms with Gasteiger partial charge in [0.05, 0.1) is 13.1 Å². The topological polar surface area (TPSA) is 75.4 Å². The van der Waals surface area contributed by atoms with Gasteiger partial charge in [-0.05, 0) is 6.42 Å². The Labute approximate surface area is 82.9 Å². The summed E-state index contributed by atoms with van der Waals surface area (Å²) in [6.07, 6.45) is 4.88. The van der Waals surface area contributed by atoms with Crippen molar-refractivity contribution in [2.75, 3.05) is 26.2 Å². The van der Waals surface area contributed by atoms with E-state index in [9.17, 15) is 9.59 Å². The largest absolute Gasteiger partial charge is 0.346 e. The van der Waals surface area contributed by atoms with Crippen molar-refractivity contribution in [3.63, 3.8) is 0 Å². The molecular weight excluding hydrogens is 182 g/mol. The first-order valence-electron chi connectivity index (χ1n) is 4.63. The van der Waals surface area contributed by atoms with Gasteiger partial charge < -0.3 is 16.0 Å². The van der Waals surface area contributed by atoms with Crippen molar-refractivity contribution in [1.82, 2.24) is 10.2 Å². The maximum absolute atomic E-state index is 11.5. The minimum Gasteiger partial charge on any atom is -0.346 e. The van der Waals surface area contributed by atoms with Crippen LogP contribution in [0.2, 0.25) is 0 Å². The van der Waals surface area contributed by atoms with Crippen LogP contribution < -0.4 is 11.1 Å². The molecule has 14 heavy (non-hydrogen) atoms. The van der Waals surface area contributed by atoms with E-state index in [2.05, 4.69) is 5.32 Å². The molecule has 0 aromatic rings. The van der Waals surface area contributed by atoms with E-state index in [1.54, 1.807) is 4.90 Å². The van der Waals surface area contributed by atoms with E-state index in [1.807, 2.05) is 12.2 Å². The molecule has 0 spiro atoms. The van der Waals surface area contributed by atoms with E-state index in [-0.39, 0.29) is 24.9 Å². The van der Waals surface area contributed by atoms with Gasteiger partial charge in [0.1, 0.15) is 0 Å². The predicted octanol–water partition coefficient (Wildman–Crippen LogP) is -1.15. The van der Waals surface area contributed by atoms with Crippen LogP contribution in [0.1, 0.15) is 6.42 Å². The summed E-state index contributed by atoms with van der Waals surface area (Å²) in [7, 11) is 0. The number of hydrogen-bond acceptors (Lipinski definition) is 3. The van der Waals surface area contributed by atoms with Crippen molar-refractivity contribution in [3.05, 3.63) is 12.2 Å². The molecule has 0 saturated carbocycles. The van der Waals surface area contributed by atoms with Crippen molar-refractivity contribution in [3.8, 4) is 0 Å². The van der Waals surface area contributed by atoms with Crippen molar-refractivity contribution in [2.24, 2.45) is 5.73 Å². The lowest BCUT2D eigenvalue weighted by Crippen LogP contribution is -2.43. The third-order valence-corrected chi connectivity index (χ3v) is 2.03. The third-order valence-electron chi connectivity index (χ3n) is 2.03. The molecule has 0 fully saturated rings. The molecule has 5 nitrogen and oxygen atoms in total. The Morgan fingerprint density at radius 3 is 2.79 bits per heavy atom. The average Bonchev–Trinajstić information content (AvgIpc) is 2.26. The van der Waals surface area contributed by atoms with Gasteiger partial charge in [-0.3, -0.25) is 9.59 Å². The van der Waals surface area contributed by atoms with Crippen LogP contribution in [0.5, 0.6) is 0 Å². The van der Waals surface area contributed by atoms with E-state index in [1.165, 1.54) is 0 Å². The standard InChI is InChI=1S/C9H15N3O2/c10-6-8(13)11-7-9(14)12-4-2-1-3-5-12/h1-2H,3-7,10H2,(H,11,13). The second-order valence-electron chi connectivity index (χ2n) is 3.08. The highest BCUT2D eigenvalue weighted by Crippen LogP contribution is 2.00. The quantitative estimate of drug-likeness (QED) is 0.561. The molecule has 5 heteroatoms. The minimum absolute atomic E-state index is 0.0455. The molecule has 3 N–H and O–H groups in total. The summed E-state index contributed by atoms with van der Waals surface area (Å²) < 4.78 is 0. The van der Waals surface area contributed by atoms with Gasteiger partial charge in [0.2, 0.25) is 11.8 Å². The Balaban J connectivity index is 2.27. The van der Waals surface area contributed by atoms with Crippen LogP contribution in [0.25, 0.3) is 0 Å². The fraction of sp³-hybridized carbons (Fsp3) is 0.556. The molecule has 2 amide bonds. The van der Waals surface area contributed by atoms with Crippen LogP contribution in [0.3, 0.4) is 0 Å². The minimum atomic E-state index is -0.300. The molecule has 1 aliphatic rings. The summed E-state index contributed by atoms with van der Waals surface area (Å²) in [6.45, 7) is 1.34. The van der Waals surface area contributed by atoms with Gasteiger partial charge in [0.15, 0.2) is 0 Å². The molecule has 0 aromatic carbocycles. The van der Waals surface area contributed by atoms with Gasteiger partial charge in [-0.15, -0.1) is 0 Å². The molecular formula is C9H15N3O2. The summed E-state index contributed by atoms with van der Waals surface area (Å²) >= 11 is 0. The van der Waals surface area contributed by atoms with Gasteiger partial charge in [0, 0.05) is 13.1 Å². The lowest BCUT2D eigenvalue weighted by atomic mass is 10.2. The van der Waals surface area contributed by atoms with E-state index in [0.29, 0.717) is 6.54 Å². The summed E-state index contributed by atoms with van der Waals surface area (Å²) in [5.41, 5.74) is 5.09. The molecule has 0 bridgehead atoms. The maximum Gasteiger partial charge on any atom is 0.242 e. The van der Waals surface area contributed by atoms with Crippen molar-refractivity contribution in [2.45, 2.75) is 6.42 Å². The fourth-order valence-electron chi connectivity index (χ4n) is 1.23. The number of hydrogen-bond donors (Lipinski definition) is 2. The van der Waals surface area contributed by atoms with Crippen molar-refractivity contribution >= 4 is 11.8 Å². The lowest BCUT2D eigenvalue weighted by Gasteiger charge is -2.23. The summed E-state index contributed by atoms with van der Waals surface area (Å²) in [5, 5.41) is 2.45. The van der Waals surface area contributed by atoms with E-state index in [4.69, 9.17) is 5.73 Å². The molecule has 0 aromatic heterocycles. The Kier molecular flexibility index (Phi) is 4.12. The second-order valence-corrected chi connectivity index (χ2v) is 3.08. The Hall–Kier alpha value is -1.36. The number of amides is 2. The third kappa shape index (κ3) is 3.18. The predicted molar refractivity (Wildman–Crippen MR) is 52.4 cm³/mol. The van der Waals surface area contributed by atoms with Crippen LogP contribution in [0.15, 0.2) is 12.2 Å². The molecule has 0 saturated heterocycles. The first kappa shape index (κ1) is 10.7. The van der Waals surface area contributed by atoms with Crippen molar-refractivity contribution < 1.29 is 9.59 Å². The molecule has 78 valence electrons. The molecule has 1 rings (SSSR count). The molecule has 1 aliphatic heterocycles. The van der Waals surface area contributed by atoms with Crippen LogP contribution in [0.4, 0.5) is 0 Å². The van der Waals surface area contributed by atoms with Crippen LogP contribution >= 0.6 is 0 Å². The summed E-state index contributed by atoms with van der Waals surface area (Å²) in [5.74, 6) is -0.359. The molecule has 0 unspecified atom stereocenters. The first-order chi connectivity index (χ1) is 6.74. The zero-order valence-electron chi connectivity index (χ0n) is 8.03. The summed E-state index contributed by atoms with van der Waals surface area (Å²) in [4.78, 5) is 23.9. The number of carbonyl (C=O) groups is 2. The fourth-order valence-corrected chi connectivity index (χ4v) is 1.23. The highest BCUT2D eigenvalue weighted by atomic mass is 16.2. The van der Waals surface area contributed by atoms with Gasteiger partial charge in [-0.1, -0.05) is 12.2 Å². The van der Waals surface area contributed by atoms with Crippen molar-refractivity contribution in [1.29, 1.82) is 0 Å². The monoisotopic (exact) mass is 197 g/mol. The second kappa shape index (κ2) is 5.39. The van der Waals surface area contributed by atoms with Gasteiger partial charge in [-0.2, -0.15) is 0 Å². The number of carbonyl (C=O) groups excluding carboxylic acids is 2. The normalized spacial score (nSPS) is 15.4. The van der Waals surface area contributed by atoms with Crippen LogP contribution in [-0.4, -0.2) is 42.9 Å². The first-order valence-corrected chi connectivity index (χ1v) is 4.63. The molecule has 1 heterocycles. The lowest BCUT2D eigenvalue weighted by molar-refractivity contribution is -0.132. The maximum atomic E-state index is 11.5. The van der Waals surface area contributed by atoms with Gasteiger partial charge in [-0.25, -0.2) is 0 Å². The number of nitrogens with one attached hydrogen (secondary N) is 1. The highest BCUT2D eigenvalue weighted by molar-refractivity contribution is 5.85. The highest BCUT2D eigenvalue weighted by Gasteiger charge is 2.13. The SMILES string of the molecule is NCC(=O)NCC(=O)N1CC=CCC1. The smallest absolute Gasteiger partial charge is 0.242 e. The molecule has 0 radical (unpaired) electrons. The van der Waals surface area contributed by atoms with Crippen LogP contribution in [0, 0.1) is 0 Å². The number of rotatable bonds is 3. The average molecular weight is 197 g/mol. The van der Waals surface area contributed by atoms with E-state index >= 15 is 0 Å². The van der Waals surface area contributed by atoms with Gasteiger partial charge >= 0.3 is 0 Å². The zero-order chi connectivity index (χ0) is 10.4. The zero-order valence-corrected chi connectivity index (χ0v) is 8.03. The Morgan fingerprint density at radius 1 is 1.43 bits per heavy atom. The summed E-state index contributed by atoms with van der Waals surface area (Å²) in [6, 6.07) is 0. The molecule has 0 atom stereocenters. The number of nitrogens with two attached hydrogens (primary N) is 1. The number of nitrogens with zero attached hydrogens (tertiary/aromatic N) is 1. The van der Waals surface area contributed by atoms with E-state index in [0.717, 1.165) is 13.0 Å². The van der Waals surface area contributed by atoms with E-state index < -0.39 is 0 Å². The Bertz CT molecular complexity index is 250. The van der Waals surface area contributed by atoms with Crippen LogP contribution in [-0.2, 0) is 9.59 Å².